The van der Waals surface area contributed by atoms with Crippen molar-refractivity contribution in [3.05, 3.63) is 42.2 Å². The van der Waals surface area contributed by atoms with Crippen molar-refractivity contribution in [1.29, 1.82) is 0 Å². The SMILES string of the molecule is O=C(O)c1cccc2nc(-c3ccnnc3)oc12. The van der Waals surface area contributed by atoms with E-state index in [2.05, 4.69) is 15.2 Å². The van der Waals surface area contributed by atoms with Gasteiger partial charge in [0.1, 0.15) is 11.1 Å². The highest BCUT2D eigenvalue weighted by Crippen LogP contribution is 2.25. The lowest BCUT2D eigenvalue weighted by Crippen LogP contribution is -1.95. The van der Waals surface area contributed by atoms with Crippen LogP contribution in [0.4, 0.5) is 0 Å². The molecule has 1 N–H and O–H groups in total. The molecule has 0 saturated carbocycles. The summed E-state index contributed by atoms with van der Waals surface area (Å²) in [4.78, 5) is 15.3. The number of carboxylic acid groups (broad SMARTS) is 1. The number of para-hydroxylation sites is 1. The largest absolute Gasteiger partial charge is 0.478 e. The van der Waals surface area contributed by atoms with Gasteiger partial charge in [-0.25, -0.2) is 9.78 Å². The van der Waals surface area contributed by atoms with Crippen LogP contribution in [0.1, 0.15) is 10.4 Å². The zero-order chi connectivity index (χ0) is 12.5. The van der Waals surface area contributed by atoms with Gasteiger partial charge in [-0.3, -0.25) is 0 Å². The van der Waals surface area contributed by atoms with Crippen LogP contribution in [0.3, 0.4) is 0 Å². The molecule has 0 amide bonds. The van der Waals surface area contributed by atoms with Crippen LogP contribution in [-0.4, -0.2) is 26.3 Å². The topological polar surface area (TPSA) is 89.1 Å². The van der Waals surface area contributed by atoms with E-state index in [-0.39, 0.29) is 11.1 Å². The molecule has 0 radical (unpaired) electrons. The molecular weight excluding hydrogens is 234 g/mol. The lowest BCUT2D eigenvalue weighted by Gasteiger charge is -1.93. The number of rotatable bonds is 2. The Bertz CT molecular complexity index is 722. The van der Waals surface area contributed by atoms with Gasteiger partial charge in [-0.05, 0) is 18.2 Å². The summed E-state index contributed by atoms with van der Waals surface area (Å²) in [5.74, 6) is -0.718. The second kappa shape index (κ2) is 3.92. The minimum atomic E-state index is -1.05. The van der Waals surface area contributed by atoms with E-state index in [0.29, 0.717) is 17.0 Å². The average molecular weight is 241 g/mol. The van der Waals surface area contributed by atoms with Crippen LogP contribution >= 0.6 is 0 Å². The van der Waals surface area contributed by atoms with E-state index < -0.39 is 5.97 Å². The highest BCUT2D eigenvalue weighted by molar-refractivity contribution is 6.00. The predicted molar refractivity (Wildman–Crippen MR) is 62.0 cm³/mol. The Morgan fingerprint density at radius 3 is 2.83 bits per heavy atom. The molecule has 3 rings (SSSR count). The monoisotopic (exact) mass is 241 g/mol. The number of carbonyl (C=O) groups is 1. The van der Waals surface area contributed by atoms with Crippen molar-refractivity contribution in [2.24, 2.45) is 0 Å². The van der Waals surface area contributed by atoms with E-state index >= 15 is 0 Å². The minimum Gasteiger partial charge on any atom is -0.478 e. The van der Waals surface area contributed by atoms with E-state index in [1.807, 2.05) is 0 Å². The van der Waals surface area contributed by atoms with Crippen molar-refractivity contribution in [2.45, 2.75) is 0 Å². The van der Waals surface area contributed by atoms with Crippen molar-refractivity contribution in [1.82, 2.24) is 15.2 Å². The molecule has 0 fully saturated rings. The van der Waals surface area contributed by atoms with E-state index in [1.165, 1.54) is 18.5 Å². The number of benzene rings is 1. The number of hydrogen-bond acceptors (Lipinski definition) is 5. The normalized spacial score (nSPS) is 10.7. The summed E-state index contributed by atoms with van der Waals surface area (Å²) in [6.45, 7) is 0. The Hall–Kier alpha value is -2.76. The smallest absolute Gasteiger partial charge is 0.339 e. The molecule has 0 aliphatic carbocycles. The van der Waals surface area contributed by atoms with Crippen molar-refractivity contribution in [2.75, 3.05) is 0 Å². The number of oxazole rings is 1. The molecule has 0 spiro atoms. The van der Waals surface area contributed by atoms with Crippen LogP contribution in [0.25, 0.3) is 22.6 Å². The van der Waals surface area contributed by atoms with Crippen LogP contribution in [0.2, 0.25) is 0 Å². The molecule has 0 saturated heterocycles. The van der Waals surface area contributed by atoms with E-state index in [9.17, 15) is 4.79 Å². The molecule has 6 nitrogen and oxygen atoms in total. The molecule has 0 unspecified atom stereocenters. The van der Waals surface area contributed by atoms with E-state index in [0.717, 1.165) is 0 Å². The first-order chi connectivity index (χ1) is 8.75. The van der Waals surface area contributed by atoms with Gasteiger partial charge >= 0.3 is 5.97 Å². The van der Waals surface area contributed by atoms with Crippen LogP contribution in [-0.2, 0) is 0 Å². The lowest BCUT2D eigenvalue weighted by atomic mass is 10.2. The number of aromatic nitrogens is 3. The quantitative estimate of drug-likeness (QED) is 0.737. The summed E-state index contributed by atoms with van der Waals surface area (Å²) in [5.41, 5.74) is 1.50. The summed E-state index contributed by atoms with van der Waals surface area (Å²) < 4.78 is 5.49. The number of aromatic carboxylic acids is 1. The predicted octanol–water partition coefficient (Wildman–Crippen LogP) is 1.98. The van der Waals surface area contributed by atoms with Gasteiger partial charge < -0.3 is 9.52 Å². The Kier molecular flexibility index (Phi) is 2.26. The molecule has 3 aromatic rings. The maximum atomic E-state index is 11.1. The maximum Gasteiger partial charge on any atom is 0.339 e. The molecule has 0 aliphatic heterocycles. The van der Waals surface area contributed by atoms with Crippen LogP contribution in [0.5, 0.6) is 0 Å². The fraction of sp³-hybridized carbons (Fsp3) is 0. The fourth-order valence-corrected chi connectivity index (χ4v) is 1.66. The maximum absolute atomic E-state index is 11.1. The van der Waals surface area contributed by atoms with Crippen molar-refractivity contribution in [3.63, 3.8) is 0 Å². The lowest BCUT2D eigenvalue weighted by molar-refractivity contribution is 0.0698. The summed E-state index contributed by atoms with van der Waals surface area (Å²) in [5, 5.41) is 16.4. The first-order valence-corrected chi connectivity index (χ1v) is 5.15. The molecule has 2 heterocycles. The van der Waals surface area contributed by atoms with Crippen LogP contribution in [0.15, 0.2) is 41.1 Å². The van der Waals surface area contributed by atoms with Gasteiger partial charge in [0.2, 0.25) is 5.89 Å². The molecular formula is C12H7N3O3. The Morgan fingerprint density at radius 1 is 1.22 bits per heavy atom. The third kappa shape index (κ3) is 1.60. The van der Waals surface area contributed by atoms with Gasteiger partial charge in [-0.15, -0.1) is 0 Å². The second-order valence-corrected chi connectivity index (χ2v) is 3.61. The van der Waals surface area contributed by atoms with Gasteiger partial charge in [0, 0.05) is 0 Å². The molecule has 18 heavy (non-hydrogen) atoms. The van der Waals surface area contributed by atoms with Gasteiger partial charge in [0.05, 0.1) is 18.0 Å². The zero-order valence-electron chi connectivity index (χ0n) is 9.07. The van der Waals surface area contributed by atoms with Gasteiger partial charge in [-0.1, -0.05) is 6.07 Å². The fourth-order valence-electron chi connectivity index (χ4n) is 1.66. The summed E-state index contributed by atoms with van der Waals surface area (Å²) in [6, 6.07) is 6.49. The number of hydrogen-bond donors (Lipinski definition) is 1. The highest BCUT2D eigenvalue weighted by atomic mass is 16.4. The first kappa shape index (κ1) is 10.4. The summed E-state index contributed by atoms with van der Waals surface area (Å²) in [6.07, 6.45) is 3.02. The molecule has 0 atom stereocenters. The molecule has 2 aromatic heterocycles. The third-order valence-electron chi connectivity index (χ3n) is 2.48. The van der Waals surface area contributed by atoms with Crippen LogP contribution < -0.4 is 0 Å². The molecule has 6 heteroatoms. The van der Waals surface area contributed by atoms with Crippen LogP contribution in [0, 0.1) is 0 Å². The summed E-state index contributed by atoms with van der Waals surface area (Å²) >= 11 is 0. The Balaban J connectivity index is 2.23. The Morgan fingerprint density at radius 2 is 2.11 bits per heavy atom. The average Bonchev–Trinajstić information content (AvgIpc) is 2.83. The molecule has 1 aromatic carbocycles. The highest BCUT2D eigenvalue weighted by Gasteiger charge is 2.15. The van der Waals surface area contributed by atoms with Crippen molar-refractivity contribution in [3.8, 4) is 11.5 Å². The standard InChI is InChI=1S/C12H7N3O3/c16-12(17)8-2-1-3-9-10(8)18-11(15-9)7-4-5-13-14-6-7/h1-6H,(H,16,17). The number of carboxylic acids is 1. The molecule has 88 valence electrons. The van der Waals surface area contributed by atoms with E-state index in [1.54, 1.807) is 18.2 Å². The van der Waals surface area contributed by atoms with Gasteiger partial charge in [0.25, 0.3) is 0 Å². The number of fused-ring (bicyclic) bond motifs is 1. The third-order valence-corrected chi connectivity index (χ3v) is 2.48. The van der Waals surface area contributed by atoms with Gasteiger partial charge in [-0.2, -0.15) is 10.2 Å². The Labute approximate surface area is 101 Å². The van der Waals surface area contributed by atoms with Gasteiger partial charge in [0.15, 0.2) is 5.58 Å². The minimum absolute atomic E-state index is 0.0910. The molecule has 0 bridgehead atoms. The van der Waals surface area contributed by atoms with Crippen molar-refractivity contribution >= 4 is 17.1 Å². The molecule has 0 aliphatic rings. The zero-order valence-corrected chi connectivity index (χ0v) is 9.07. The second-order valence-electron chi connectivity index (χ2n) is 3.61. The first-order valence-electron chi connectivity index (χ1n) is 5.15. The van der Waals surface area contributed by atoms with Crippen molar-refractivity contribution < 1.29 is 14.3 Å². The van der Waals surface area contributed by atoms with E-state index in [4.69, 9.17) is 9.52 Å². The number of nitrogens with zero attached hydrogens (tertiary/aromatic N) is 3. The summed E-state index contributed by atoms with van der Waals surface area (Å²) in [7, 11) is 0.